The summed E-state index contributed by atoms with van der Waals surface area (Å²) in [6.07, 6.45) is 0.169. The zero-order chi connectivity index (χ0) is 13.9. The molecule has 0 unspecified atom stereocenters. The van der Waals surface area contributed by atoms with Crippen LogP contribution in [0.15, 0.2) is 10.9 Å². The summed E-state index contributed by atoms with van der Waals surface area (Å²) < 4.78 is 7.78. The quantitative estimate of drug-likeness (QED) is 0.849. The van der Waals surface area contributed by atoms with Crippen molar-refractivity contribution in [3.8, 4) is 0 Å². The number of rotatable bonds is 4. The average molecular weight is 293 g/mol. The fourth-order valence-corrected chi connectivity index (χ4v) is 3.06. The third-order valence-corrected chi connectivity index (χ3v) is 4.07. The van der Waals surface area contributed by atoms with Gasteiger partial charge in [-0.2, -0.15) is 5.10 Å². The first kappa shape index (κ1) is 13.7. The van der Waals surface area contributed by atoms with Gasteiger partial charge in [0, 0.05) is 25.0 Å². The van der Waals surface area contributed by atoms with Gasteiger partial charge in [-0.3, -0.25) is 4.90 Å². The van der Waals surface area contributed by atoms with Crippen LogP contribution in [0.2, 0.25) is 0 Å². The highest BCUT2D eigenvalue weighted by Gasteiger charge is 2.22. The first-order valence-corrected chi connectivity index (χ1v) is 7.74. The van der Waals surface area contributed by atoms with Gasteiger partial charge in [-0.05, 0) is 13.8 Å². The molecule has 2 aromatic rings. The molecule has 0 saturated carbocycles. The van der Waals surface area contributed by atoms with E-state index in [1.165, 1.54) is 0 Å². The molecule has 0 N–H and O–H groups in total. The smallest absolute Gasteiger partial charge is 0.147 e. The molecule has 1 aliphatic rings. The van der Waals surface area contributed by atoms with Crippen molar-refractivity contribution in [3.05, 3.63) is 28.2 Å². The normalized spacial score (nSPS) is 20.4. The molecule has 1 fully saturated rings. The molecule has 3 rings (SSSR count). The zero-order valence-electron chi connectivity index (χ0n) is 11.8. The number of ether oxygens (including phenoxy) is 1. The van der Waals surface area contributed by atoms with E-state index in [0.29, 0.717) is 0 Å². The standard InChI is InChI=1S/C13H19N5OS/c1-10-15-11(2)18(16-10)7-13-6-17(3-4-19-13)5-12-8-20-9-14-12/h8-9,13H,3-7H2,1-2H3/t13-/m1/s1. The van der Waals surface area contributed by atoms with Gasteiger partial charge in [0.15, 0.2) is 0 Å². The van der Waals surface area contributed by atoms with Crippen LogP contribution in [-0.4, -0.2) is 50.4 Å². The summed E-state index contributed by atoms with van der Waals surface area (Å²) in [4.78, 5) is 11.1. The number of thiazole rings is 1. The Hall–Kier alpha value is -1.31. The molecule has 20 heavy (non-hydrogen) atoms. The molecular formula is C13H19N5OS. The van der Waals surface area contributed by atoms with Crippen molar-refractivity contribution in [1.29, 1.82) is 0 Å². The van der Waals surface area contributed by atoms with Crippen LogP contribution in [0.5, 0.6) is 0 Å². The highest BCUT2D eigenvalue weighted by molar-refractivity contribution is 7.07. The van der Waals surface area contributed by atoms with E-state index < -0.39 is 0 Å². The summed E-state index contributed by atoms with van der Waals surface area (Å²) >= 11 is 1.64. The Labute approximate surface area is 122 Å². The average Bonchev–Trinajstić information content (AvgIpc) is 3.01. The van der Waals surface area contributed by atoms with Gasteiger partial charge in [0.1, 0.15) is 11.6 Å². The number of hydrogen-bond donors (Lipinski definition) is 0. The SMILES string of the molecule is Cc1nc(C)n(C[C@H]2CN(Cc3cscn3)CCO2)n1. The molecular weight excluding hydrogens is 274 g/mol. The van der Waals surface area contributed by atoms with Gasteiger partial charge in [0.2, 0.25) is 0 Å². The van der Waals surface area contributed by atoms with Crippen LogP contribution < -0.4 is 0 Å². The fraction of sp³-hybridized carbons (Fsp3) is 0.615. The second kappa shape index (κ2) is 5.99. The minimum atomic E-state index is 0.169. The number of aromatic nitrogens is 4. The molecule has 6 nitrogen and oxygen atoms in total. The van der Waals surface area contributed by atoms with Gasteiger partial charge >= 0.3 is 0 Å². The Balaban J connectivity index is 1.59. The minimum absolute atomic E-state index is 0.169. The van der Waals surface area contributed by atoms with E-state index in [1.807, 2.05) is 24.0 Å². The summed E-state index contributed by atoms with van der Waals surface area (Å²) in [5.74, 6) is 1.76. The highest BCUT2D eigenvalue weighted by atomic mass is 32.1. The van der Waals surface area contributed by atoms with E-state index in [2.05, 4.69) is 25.3 Å². The van der Waals surface area contributed by atoms with Crippen molar-refractivity contribution in [2.75, 3.05) is 19.7 Å². The van der Waals surface area contributed by atoms with Gasteiger partial charge in [-0.25, -0.2) is 14.6 Å². The van der Waals surface area contributed by atoms with Crippen LogP contribution in [0.1, 0.15) is 17.3 Å². The molecule has 0 radical (unpaired) electrons. The highest BCUT2D eigenvalue weighted by Crippen LogP contribution is 2.12. The Morgan fingerprint density at radius 2 is 2.35 bits per heavy atom. The number of aryl methyl sites for hydroxylation is 2. The van der Waals surface area contributed by atoms with Gasteiger partial charge in [0.05, 0.1) is 30.5 Å². The summed E-state index contributed by atoms with van der Waals surface area (Å²) in [5, 5.41) is 6.51. The topological polar surface area (TPSA) is 56.1 Å². The maximum absolute atomic E-state index is 5.85. The third kappa shape index (κ3) is 3.23. The molecule has 0 amide bonds. The van der Waals surface area contributed by atoms with E-state index in [0.717, 1.165) is 50.1 Å². The Bertz CT molecular complexity index is 553. The monoisotopic (exact) mass is 293 g/mol. The molecule has 1 saturated heterocycles. The zero-order valence-corrected chi connectivity index (χ0v) is 12.6. The predicted octanol–water partition coefficient (Wildman–Crippen LogP) is 1.25. The van der Waals surface area contributed by atoms with Crippen LogP contribution in [0.3, 0.4) is 0 Å². The second-order valence-electron chi connectivity index (χ2n) is 5.10. The second-order valence-corrected chi connectivity index (χ2v) is 5.81. The maximum Gasteiger partial charge on any atom is 0.147 e. The maximum atomic E-state index is 5.85. The summed E-state index contributed by atoms with van der Waals surface area (Å²) in [6.45, 7) is 8.20. The largest absolute Gasteiger partial charge is 0.374 e. The molecule has 1 atom stereocenters. The van der Waals surface area contributed by atoms with Crippen molar-refractivity contribution < 1.29 is 4.74 Å². The Morgan fingerprint density at radius 3 is 3.05 bits per heavy atom. The number of morpholine rings is 1. The van der Waals surface area contributed by atoms with Crippen LogP contribution in [0.4, 0.5) is 0 Å². The molecule has 7 heteroatoms. The van der Waals surface area contributed by atoms with E-state index >= 15 is 0 Å². The lowest BCUT2D eigenvalue weighted by Crippen LogP contribution is -2.44. The number of nitrogens with zero attached hydrogens (tertiary/aromatic N) is 5. The molecule has 0 spiro atoms. The summed E-state index contributed by atoms with van der Waals surface area (Å²) in [5.41, 5.74) is 3.03. The first-order chi connectivity index (χ1) is 9.70. The van der Waals surface area contributed by atoms with Crippen LogP contribution in [0, 0.1) is 13.8 Å². The molecule has 3 heterocycles. The predicted molar refractivity (Wildman–Crippen MR) is 76.6 cm³/mol. The molecule has 0 aliphatic carbocycles. The van der Waals surface area contributed by atoms with Crippen molar-refractivity contribution in [3.63, 3.8) is 0 Å². The first-order valence-electron chi connectivity index (χ1n) is 6.80. The van der Waals surface area contributed by atoms with Crippen LogP contribution in [-0.2, 0) is 17.8 Å². The van der Waals surface area contributed by atoms with E-state index in [9.17, 15) is 0 Å². The molecule has 2 aromatic heterocycles. The van der Waals surface area contributed by atoms with Crippen molar-refractivity contribution >= 4 is 11.3 Å². The Kier molecular flexibility index (Phi) is 4.09. The van der Waals surface area contributed by atoms with Crippen LogP contribution >= 0.6 is 11.3 Å². The lowest BCUT2D eigenvalue weighted by atomic mass is 10.2. The van der Waals surface area contributed by atoms with Crippen LogP contribution in [0.25, 0.3) is 0 Å². The molecule has 108 valence electrons. The van der Waals surface area contributed by atoms with Crippen molar-refractivity contribution in [2.45, 2.75) is 33.0 Å². The van der Waals surface area contributed by atoms with E-state index in [-0.39, 0.29) is 6.10 Å². The van der Waals surface area contributed by atoms with Gasteiger partial charge in [0.25, 0.3) is 0 Å². The minimum Gasteiger partial charge on any atom is -0.374 e. The van der Waals surface area contributed by atoms with E-state index in [4.69, 9.17) is 4.74 Å². The van der Waals surface area contributed by atoms with Gasteiger partial charge in [-0.15, -0.1) is 11.3 Å². The van der Waals surface area contributed by atoms with Crippen molar-refractivity contribution in [1.82, 2.24) is 24.6 Å². The molecule has 1 aliphatic heterocycles. The van der Waals surface area contributed by atoms with Crippen molar-refractivity contribution in [2.24, 2.45) is 0 Å². The fourth-order valence-electron chi connectivity index (χ4n) is 2.51. The lowest BCUT2D eigenvalue weighted by Gasteiger charge is -2.32. The van der Waals surface area contributed by atoms with E-state index in [1.54, 1.807) is 11.3 Å². The molecule has 0 aromatic carbocycles. The number of hydrogen-bond acceptors (Lipinski definition) is 6. The van der Waals surface area contributed by atoms with Gasteiger partial charge in [-0.1, -0.05) is 0 Å². The molecule has 0 bridgehead atoms. The summed E-state index contributed by atoms with van der Waals surface area (Å²) in [6, 6.07) is 0. The summed E-state index contributed by atoms with van der Waals surface area (Å²) in [7, 11) is 0. The third-order valence-electron chi connectivity index (χ3n) is 3.43. The Morgan fingerprint density at radius 1 is 1.45 bits per heavy atom. The lowest BCUT2D eigenvalue weighted by molar-refractivity contribution is -0.0408. The van der Waals surface area contributed by atoms with Gasteiger partial charge < -0.3 is 4.74 Å².